The Hall–Kier alpha value is -0.890. The van der Waals surface area contributed by atoms with Crippen LogP contribution in [-0.2, 0) is 6.18 Å². The van der Waals surface area contributed by atoms with Gasteiger partial charge in [-0.15, -0.1) is 10.2 Å². The Kier molecular flexibility index (Phi) is 4.48. The molecule has 0 fully saturated rings. The van der Waals surface area contributed by atoms with Crippen LogP contribution in [0.15, 0.2) is 0 Å². The molecule has 0 saturated heterocycles. The number of aromatic nitrogens is 2. The lowest BCUT2D eigenvalue weighted by atomic mass is 10.5. The van der Waals surface area contributed by atoms with Gasteiger partial charge in [-0.05, 0) is 13.6 Å². The van der Waals surface area contributed by atoms with E-state index in [4.69, 9.17) is 0 Å². The first-order valence-corrected chi connectivity index (χ1v) is 5.58. The van der Waals surface area contributed by atoms with E-state index in [1.54, 1.807) is 0 Å². The number of rotatable bonds is 5. The number of hydrogen-bond donors (Lipinski definition) is 1. The van der Waals surface area contributed by atoms with Gasteiger partial charge in [-0.25, -0.2) is 0 Å². The number of nitrogens with one attached hydrogen (secondary N) is 1. The zero-order valence-electron chi connectivity index (χ0n) is 9.01. The van der Waals surface area contributed by atoms with Crippen LogP contribution in [0, 0.1) is 0 Å². The van der Waals surface area contributed by atoms with Crippen LogP contribution < -0.4 is 5.32 Å². The molecule has 0 aliphatic heterocycles. The second-order valence-electron chi connectivity index (χ2n) is 3.23. The summed E-state index contributed by atoms with van der Waals surface area (Å²) in [5, 5.41) is 8.59. The summed E-state index contributed by atoms with van der Waals surface area (Å²) in [5.74, 6) is 0. The third-order valence-corrected chi connectivity index (χ3v) is 2.90. The van der Waals surface area contributed by atoms with Gasteiger partial charge in [0.15, 0.2) is 0 Å². The monoisotopic (exact) mass is 254 g/mol. The quantitative estimate of drug-likeness (QED) is 0.871. The van der Waals surface area contributed by atoms with Gasteiger partial charge in [0.1, 0.15) is 0 Å². The summed E-state index contributed by atoms with van der Waals surface area (Å²) in [7, 11) is 1.93. The Bertz CT molecular complexity index is 325. The molecule has 92 valence electrons. The molecule has 0 aromatic carbocycles. The van der Waals surface area contributed by atoms with Gasteiger partial charge in [-0.3, -0.25) is 0 Å². The number of nitrogens with zero attached hydrogens (tertiary/aromatic N) is 3. The van der Waals surface area contributed by atoms with Gasteiger partial charge >= 0.3 is 6.18 Å². The van der Waals surface area contributed by atoms with E-state index in [1.807, 2.05) is 18.9 Å². The minimum absolute atomic E-state index is 0.205. The number of hydrogen-bond acceptors (Lipinski definition) is 5. The Balaban J connectivity index is 2.41. The maximum absolute atomic E-state index is 12.2. The standard InChI is InChI=1S/C8H13F3N4S/c1-3-15(2)5-4-12-7-14-13-6(16-7)8(9,10)11/h3-5H2,1-2H3,(H,12,14). The predicted octanol–water partition coefficient (Wildman–Crippen LogP) is 1.92. The van der Waals surface area contributed by atoms with E-state index < -0.39 is 11.2 Å². The summed E-state index contributed by atoms with van der Waals surface area (Å²) in [6.07, 6.45) is -4.40. The van der Waals surface area contributed by atoms with Crippen LogP contribution in [0.2, 0.25) is 0 Å². The van der Waals surface area contributed by atoms with Crippen molar-refractivity contribution in [1.29, 1.82) is 0 Å². The first-order valence-electron chi connectivity index (χ1n) is 4.76. The van der Waals surface area contributed by atoms with Crippen molar-refractivity contribution in [3.05, 3.63) is 5.01 Å². The van der Waals surface area contributed by atoms with E-state index in [0.717, 1.165) is 13.1 Å². The lowest BCUT2D eigenvalue weighted by molar-refractivity contribution is -0.138. The second-order valence-corrected chi connectivity index (χ2v) is 4.21. The van der Waals surface area contributed by atoms with Gasteiger partial charge in [0, 0.05) is 13.1 Å². The van der Waals surface area contributed by atoms with Crippen LogP contribution in [0.5, 0.6) is 0 Å². The summed E-state index contributed by atoms with van der Waals surface area (Å²) in [6.45, 7) is 4.20. The molecule has 4 nitrogen and oxygen atoms in total. The molecule has 1 rings (SSSR count). The smallest absolute Gasteiger partial charge is 0.359 e. The van der Waals surface area contributed by atoms with Crippen LogP contribution in [0.25, 0.3) is 0 Å². The number of alkyl halides is 3. The molecule has 8 heteroatoms. The minimum atomic E-state index is -4.40. The maximum Gasteiger partial charge on any atom is 0.445 e. The molecular weight excluding hydrogens is 241 g/mol. The van der Waals surface area contributed by atoms with Crippen molar-refractivity contribution in [3.63, 3.8) is 0 Å². The maximum atomic E-state index is 12.2. The zero-order valence-corrected chi connectivity index (χ0v) is 9.82. The highest BCUT2D eigenvalue weighted by atomic mass is 32.1. The summed E-state index contributed by atoms with van der Waals surface area (Å²) in [4.78, 5) is 2.04. The largest absolute Gasteiger partial charge is 0.445 e. The first-order chi connectivity index (χ1) is 7.43. The van der Waals surface area contributed by atoms with E-state index in [-0.39, 0.29) is 5.13 Å². The third kappa shape index (κ3) is 3.93. The minimum Gasteiger partial charge on any atom is -0.359 e. The van der Waals surface area contributed by atoms with Crippen molar-refractivity contribution < 1.29 is 13.2 Å². The molecule has 0 aliphatic rings. The van der Waals surface area contributed by atoms with Gasteiger partial charge in [0.05, 0.1) is 0 Å². The molecule has 16 heavy (non-hydrogen) atoms. The molecule has 0 aliphatic carbocycles. The van der Waals surface area contributed by atoms with Gasteiger partial charge in [0.2, 0.25) is 10.1 Å². The molecule has 0 spiro atoms. The molecule has 0 bridgehead atoms. The fourth-order valence-electron chi connectivity index (χ4n) is 0.921. The highest BCUT2D eigenvalue weighted by Crippen LogP contribution is 2.32. The van der Waals surface area contributed by atoms with Crippen molar-refractivity contribution in [2.75, 3.05) is 32.0 Å². The molecule has 1 N–H and O–H groups in total. The molecular formula is C8H13F3N4S. The van der Waals surface area contributed by atoms with Crippen molar-refractivity contribution in [3.8, 4) is 0 Å². The fourth-order valence-corrected chi connectivity index (χ4v) is 1.56. The average molecular weight is 254 g/mol. The van der Waals surface area contributed by atoms with Crippen LogP contribution in [-0.4, -0.2) is 41.8 Å². The Morgan fingerprint density at radius 1 is 1.38 bits per heavy atom. The van der Waals surface area contributed by atoms with Crippen molar-refractivity contribution in [2.45, 2.75) is 13.1 Å². The lowest BCUT2D eigenvalue weighted by Crippen LogP contribution is -2.24. The summed E-state index contributed by atoms with van der Waals surface area (Å²) < 4.78 is 36.5. The molecule has 0 unspecified atom stereocenters. The Morgan fingerprint density at radius 2 is 2.06 bits per heavy atom. The third-order valence-electron chi connectivity index (χ3n) is 1.98. The Labute approximate surface area is 95.5 Å². The van der Waals surface area contributed by atoms with Crippen LogP contribution in [0.1, 0.15) is 11.9 Å². The molecule has 0 amide bonds. The van der Waals surface area contributed by atoms with Gasteiger partial charge in [0.25, 0.3) is 0 Å². The van der Waals surface area contributed by atoms with E-state index in [9.17, 15) is 13.2 Å². The SMILES string of the molecule is CCN(C)CCNc1nnc(C(F)(F)F)s1. The fraction of sp³-hybridized carbons (Fsp3) is 0.750. The second kappa shape index (κ2) is 5.44. The average Bonchev–Trinajstić information content (AvgIpc) is 2.65. The summed E-state index contributed by atoms with van der Waals surface area (Å²) >= 11 is 0.522. The Morgan fingerprint density at radius 3 is 2.56 bits per heavy atom. The molecule has 0 atom stereocenters. The molecule has 0 saturated carbocycles. The van der Waals surface area contributed by atoms with Crippen molar-refractivity contribution in [1.82, 2.24) is 15.1 Å². The summed E-state index contributed by atoms with van der Waals surface area (Å²) in [6, 6.07) is 0. The van der Waals surface area contributed by atoms with Gasteiger partial charge in [-0.1, -0.05) is 18.3 Å². The van der Waals surface area contributed by atoms with Crippen LogP contribution in [0.4, 0.5) is 18.3 Å². The molecule has 1 heterocycles. The topological polar surface area (TPSA) is 41.0 Å². The summed E-state index contributed by atoms with van der Waals surface area (Å²) in [5.41, 5.74) is 0. The predicted molar refractivity (Wildman–Crippen MR) is 56.6 cm³/mol. The van der Waals surface area contributed by atoms with Crippen molar-refractivity contribution >= 4 is 16.5 Å². The van der Waals surface area contributed by atoms with E-state index in [1.165, 1.54) is 0 Å². The lowest BCUT2D eigenvalue weighted by Gasteiger charge is -2.13. The highest BCUT2D eigenvalue weighted by Gasteiger charge is 2.35. The van der Waals surface area contributed by atoms with E-state index in [0.29, 0.717) is 17.9 Å². The normalized spacial score (nSPS) is 12.1. The highest BCUT2D eigenvalue weighted by molar-refractivity contribution is 7.15. The van der Waals surface area contributed by atoms with Crippen LogP contribution >= 0.6 is 11.3 Å². The molecule has 1 aromatic rings. The van der Waals surface area contributed by atoms with E-state index in [2.05, 4.69) is 15.5 Å². The van der Waals surface area contributed by atoms with Gasteiger partial charge in [-0.2, -0.15) is 13.2 Å². The van der Waals surface area contributed by atoms with Gasteiger partial charge < -0.3 is 10.2 Å². The number of anilines is 1. The zero-order chi connectivity index (χ0) is 12.2. The van der Waals surface area contributed by atoms with Crippen molar-refractivity contribution in [2.24, 2.45) is 0 Å². The molecule has 0 radical (unpaired) electrons. The first kappa shape index (κ1) is 13.2. The number of halogens is 3. The number of likely N-dealkylation sites (N-methyl/N-ethyl adjacent to an activating group) is 1. The van der Waals surface area contributed by atoms with E-state index >= 15 is 0 Å². The van der Waals surface area contributed by atoms with Crippen LogP contribution in [0.3, 0.4) is 0 Å². The molecule has 1 aromatic heterocycles.